The number of unbranched alkanes of at least 4 members (excludes halogenated alkanes) is 5. The first-order valence-electron chi connectivity index (χ1n) is 10.4. The summed E-state index contributed by atoms with van der Waals surface area (Å²) in [5, 5.41) is 19.7. The number of phenolic OH excluding ortho intramolecular Hbond substituents is 2. The van der Waals surface area contributed by atoms with Gasteiger partial charge in [0.1, 0.15) is 11.5 Å². The Kier molecular flexibility index (Phi) is 7.13. The van der Waals surface area contributed by atoms with Crippen LogP contribution in [0.1, 0.15) is 51.0 Å². The van der Waals surface area contributed by atoms with Crippen molar-refractivity contribution in [3.63, 3.8) is 0 Å². The molecule has 2 nitrogen and oxygen atoms in total. The summed E-state index contributed by atoms with van der Waals surface area (Å²) in [6.07, 6.45) is 8.47. The van der Waals surface area contributed by atoms with Crippen LogP contribution in [0.4, 0.5) is 0 Å². The Hall–Kier alpha value is -2.74. The molecule has 146 valence electrons. The van der Waals surface area contributed by atoms with E-state index >= 15 is 0 Å². The second kappa shape index (κ2) is 9.98. The summed E-state index contributed by atoms with van der Waals surface area (Å²) in [6, 6.07) is 21.6. The van der Waals surface area contributed by atoms with E-state index in [9.17, 15) is 10.2 Å². The van der Waals surface area contributed by atoms with Crippen LogP contribution in [0.5, 0.6) is 11.5 Å². The van der Waals surface area contributed by atoms with Crippen molar-refractivity contribution in [2.75, 3.05) is 0 Å². The lowest BCUT2D eigenvalue weighted by Crippen LogP contribution is -1.89. The first-order chi connectivity index (χ1) is 13.7. The van der Waals surface area contributed by atoms with Gasteiger partial charge in [-0.3, -0.25) is 0 Å². The summed E-state index contributed by atoms with van der Waals surface area (Å²) in [7, 11) is 0. The van der Waals surface area contributed by atoms with Gasteiger partial charge in [0.2, 0.25) is 0 Å². The minimum atomic E-state index is 0.280. The molecule has 0 saturated carbocycles. The molecule has 0 amide bonds. The molecular formula is C26H30O2. The maximum atomic E-state index is 10.2. The van der Waals surface area contributed by atoms with Crippen molar-refractivity contribution < 1.29 is 10.2 Å². The van der Waals surface area contributed by atoms with E-state index in [1.807, 2.05) is 24.3 Å². The van der Waals surface area contributed by atoms with Gasteiger partial charge in [-0.2, -0.15) is 0 Å². The molecule has 28 heavy (non-hydrogen) atoms. The van der Waals surface area contributed by atoms with Gasteiger partial charge in [-0.1, -0.05) is 81.5 Å². The average Bonchev–Trinajstić information content (AvgIpc) is 2.72. The molecule has 2 heteroatoms. The molecule has 0 saturated heterocycles. The molecule has 3 aromatic carbocycles. The van der Waals surface area contributed by atoms with E-state index < -0.39 is 0 Å². The van der Waals surface area contributed by atoms with Crippen LogP contribution in [-0.2, 0) is 6.42 Å². The maximum absolute atomic E-state index is 10.2. The van der Waals surface area contributed by atoms with E-state index in [2.05, 4.69) is 37.3 Å². The number of hydrogen-bond donors (Lipinski definition) is 2. The van der Waals surface area contributed by atoms with Crippen LogP contribution in [0.15, 0.2) is 66.7 Å². The lowest BCUT2D eigenvalue weighted by Gasteiger charge is -2.09. The van der Waals surface area contributed by atoms with E-state index in [1.54, 1.807) is 12.1 Å². The third-order valence-electron chi connectivity index (χ3n) is 5.30. The van der Waals surface area contributed by atoms with Crippen molar-refractivity contribution in [2.45, 2.75) is 51.9 Å². The van der Waals surface area contributed by atoms with E-state index in [4.69, 9.17) is 0 Å². The minimum absolute atomic E-state index is 0.280. The highest BCUT2D eigenvalue weighted by Gasteiger charge is 2.06. The molecular weight excluding hydrogens is 344 g/mol. The maximum Gasteiger partial charge on any atom is 0.118 e. The molecule has 0 aromatic heterocycles. The average molecular weight is 375 g/mol. The number of hydrogen-bond acceptors (Lipinski definition) is 2. The normalized spacial score (nSPS) is 10.9. The van der Waals surface area contributed by atoms with Crippen LogP contribution in [0.3, 0.4) is 0 Å². The van der Waals surface area contributed by atoms with Crippen molar-refractivity contribution in [1.29, 1.82) is 0 Å². The molecule has 0 radical (unpaired) electrons. The van der Waals surface area contributed by atoms with Crippen LogP contribution in [-0.4, -0.2) is 10.2 Å². The first kappa shape index (κ1) is 20.0. The zero-order valence-corrected chi connectivity index (χ0v) is 16.7. The number of benzene rings is 3. The molecule has 0 fully saturated rings. The summed E-state index contributed by atoms with van der Waals surface area (Å²) >= 11 is 0. The van der Waals surface area contributed by atoms with Gasteiger partial charge in [0.15, 0.2) is 0 Å². The quantitative estimate of drug-likeness (QED) is 0.385. The highest BCUT2D eigenvalue weighted by atomic mass is 16.3. The van der Waals surface area contributed by atoms with Crippen molar-refractivity contribution in [3.8, 4) is 33.8 Å². The van der Waals surface area contributed by atoms with Gasteiger partial charge < -0.3 is 10.2 Å². The topological polar surface area (TPSA) is 40.5 Å². The largest absolute Gasteiger partial charge is 0.508 e. The molecule has 0 spiro atoms. The SMILES string of the molecule is CCCCCCCCc1cc(-c2ccc(-c3ccc(O)cc3)cc2)ccc1O. The second-order valence-corrected chi connectivity index (χ2v) is 7.49. The van der Waals surface area contributed by atoms with Crippen molar-refractivity contribution in [1.82, 2.24) is 0 Å². The van der Waals surface area contributed by atoms with Gasteiger partial charge in [0.25, 0.3) is 0 Å². The minimum Gasteiger partial charge on any atom is -0.508 e. The molecule has 0 aliphatic rings. The third kappa shape index (κ3) is 5.39. The highest BCUT2D eigenvalue weighted by Crippen LogP contribution is 2.29. The lowest BCUT2D eigenvalue weighted by molar-refractivity contribution is 0.466. The number of rotatable bonds is 9. The summed E-state index contributed by atoms with van der Waals surface area (Å²) < 4.78 is 0. The Balaban J connectivity index is 1.67. The van der Waals surface area contributed by atoms with E-state index in [0.29, 0.717) is 5.75 Å². The molecule has 3 aromatic rings. The van der Waals surface area contributed by atoms with Gasteiger partial charge in [-0.05, 0) is 64.9 Å². The fourth-order valence-corrected chi connectivity index (χ4v) is 3.57. The number of phenols is 2. The van der Waals surface area contributed by atoms with Crippen LogP contribution >= 0.6 is 0 Å². The standard InChI is InChI=1S/C26H30O2/c1-2-3-4-5-6-7-8-24-19-23(15-18-26(24)28)22-11-9-20(10-12-22)21-13-16-25(27)17-14-21/h9-19,27-28H,2-8H2,1H3. The monoisotopic (exact) mass is 374 g/mol. The summed E-state index contributed by atoms with van der Waals surface area (Å²) in [5.41, 5.74) is 5.52. The zero-order chi connectivity index (χ0) is 19.8. The van der Waals surface area contributed by atoms with Gasteiger partial charge >= 0.3 is 0 Å². The predicted molar refractivity (Wildman–Crippen MR) is 118 cm³/mol. The molecule has 0 aliphatic carbocycles. The van der Waals surface area contributed by atoms with E-state index in [-0.39, 0.29) is 5.75 Å². The predicted octanol–water partition coefficient (Wildman–Crippen LogP) is 7.33. The van der Waals surface area contributed by atoms with E-state index in [0.717, 1.165) is 40.7 Å². The first-order valence-corrected chi connectivity index (χ1v) is 10.4. The van der Waals surface area contributed by atoms with Gasteiger partial charge in [0.05, 0.1) is 0 Å². The molecule has 3 rings (SSSR count). The molecule has 2 N–H and O–H groups in total. The Morgan fingerprint density at radius 3 is 1.71 bits per heavy atom. The fraction of sp³-hybridized carbons (Fsp3) is 0.308. The molecule has 0 bridgehead atoms. The van der Waals surface area contributed by atoms with Crippen LogP contribution in [0, 0.1) is 0 Å². The van der Waals surface area contributed by atoms with Crippen molar-refractivity contribution in [3.05, 3.63) is 72.3 Å². The van der Waals surface area contributed by atoms with Gasteiger partial charge in [-0.15, -0.1) is 0 Å². The second-order valence-electron chi connectivity index (χ2n) is 7.49. The fourth-order valence-electron chi connectivity index (χ4n) is 3.57. The van der Waals surface area contributed by atoms with Gasteiger partial charge in [0, 0.05) is 0 Å². The number of aryl methyl sites for hydroxylation is 1. The smallest absolute Gasteiger partial charge is 0.118 e. The van der Waals surface area contributed by atoms with Gasteiger partial charge in [-0.25, -0.2) is 0 Å². The zero-order valence-electron chi connectivity index (χ0n) is 16.7. The van der Waals surface area contributed by atoms with Crippen molar-refractivity contribution in [2.24, 2.45) is 0 Å². The molecule has 0 heterocycles. The summed E-state index contributed by atoms with van der Waals surface area (Å²) in [6.45, 7) is 2.24. The highest BCUT2D eigenvalue weighted by molar-refractivity contribution is 5.71. The van der Waals surface area contributed by atoms with Crippen molar-refractivity contribution >= 4 is 0 Å². The molecule has 0 atom stereocenters. The van der Waals surface area contributed by atoms with Crippen LogP contribution in [0.2, 0.25) is 0 Å². The lowest BCUT2D eigenvalue weighted by atomic mass is 9.97. The van der Waals surface area contributed by atoms with Crippen LogP contribution < -0.4 is 0 Å². The number of aromatic hydroxyl groups is 2. The van der Waals surface area contributed by atoms with E-state index in [1.165, 1.54) is 32.1 Å². The molecule has 0 unspecified atom stereocenters. The Labute approximate surface area is 168 Å². The molecule has 0 aliphatic heterocycles. The van der Waals surface area contributed by atoms with Crippen LogP contribution in [0.25, 0.3) is 22.3 Å². The Morgan fingerprint density at radius 1 is 0.571 bits per heavy atom. The Morgan fingerprint density at radius 2 is 1.07 bits per heavy atom. The third-order valence-corrected chi connectivity index (χ3v) is 5.30. The Bertz CT molecular complexity index is 864. The summed E-state index contributed by atoms with van der Waals surface area (Å²) in [4.78, 5) is 0. The summed E-state index contributed by atoms with van der Waals surface area (Å²) in [5.74, 6) is 0.681.